The number of carbonyl (C=O) groups is 2. The van der Waals surface area contributed by atoms with Crippen molar-refractivity contribution in [3.05, 3.63) is 64.6 Å². The van der Waals surface area contributed by atoms with Gasteiger partial charge in [0.25, 0.3) is 11.1 Å². The highest BCUT2D eigenvalue weighted by Crippen LogP contribution is 2.36. The van der Waals surface area contributed by atoms with E-state index in [1.807, 2.05) is 6.92 Å². The smallest absolute Gasteiger partial charge is 0.418 e. The number of imide groups is 1. The summed E-state index contributed by atoms with van der Waals surface area (Å²) in [5, 5.41) is 1.97. The van der Waals surface area contributed by atoms with E-state index in [4.69, 9.17) is 4.74 Å². The number of carbonyl (C=O) groups excluding carboxylic acids is 2. The third kappa shape index (κ3) is 4.73. The van der Waals surface area contributed by atoms with Gasteiger partial charge in [0.1, 0.15) is 5.75 Å². The summed E-state index contributed by atoms with van der Waals surface area (Å²) >= 11 is 0.729. The third-order valence-electron chi connectivity index (χ3n) is 4.04. The van der Waals surface area contributed by atoms with E-state index < -0.39 is 22.9 Å². The van der Waals surface area contributed by atoms with E-state index in [0.29, 0.717) is 17.9 Å². The van der Waals surface area contributed by atoms with Gasteiger partial charge in [-0.05, 0) is 43.0 Å². The minimum atomic E-state index is -4.55. The summed E-state index contributed by atoms with van der Waals surface area (Å²) in [6.45, 7) is 1.90. The number of benzene rings is 2. The molecule has 152 valence electrons. The normalized spacial score (nSPS) is 15.9. The lowest BCUT2D eigenvalue weighted by atomic mass is 10.1. The number of halogens is 3. The molecule has 1 N–H and O–H groups in total. The Hall–Kier alpha value is -2.94. The van der Waals surface area contributed by atoms with Crippen LogP contribution in [-0.2, 0) is 11.0 Å². The zero-order valence-corrected chi connectivity index (χ0v) is 16.1. The molecule has 1 saturated heterocycles. The molecule has 0 saturated carbocycles. The average Bonchev–Trinajstić information content (AvgIpc) is 2.94. The summed E-state index contributed by atoms with van der Waals surface area (Å²) < 4.78 is 44.8. The first kappa shape index (κ1) is 20.8. The molecule has 2 aromatic rings. The predicted octanol–water partition coefficient (Wildman–Crippen LogP) is 5.21. The summed E-state index contributed by atoms with van der Waals surface area (Å²) in [7, 11) is 0. The highest BCUT2D eigenvalue weighted by molar-refractivity contribution is 8.18. The van der Waals surface area contributed by atoms with Crippen LogP contribution in [0.1, 0.15) is 18.1 Å². The second kappa shape index (κ2) is 8.60. The van der Waals surface area contributed by atoms with E-state index >= 15 is 0 Å². The first-order chi connectivity index (χ1) is 13.8. The van der Waals surface area contributed by atoms with Crippen molar-refractivity contribution in [2.45, 2.75) is 13.1 Å². The van der Waals surface area contributed by atoms with E-state index in [9.17, 15) is 22.8 Å². The molecule has 0 radical (unpaired) electrons. The number of alkyl halides is 3. The first-order valence-electron chi connectivity index (χ1n) is 8.68. The van der Waals surface area contributed by atoms with E-state index in [-0.39, 0.29) is 17.3 Å². The molecule has 9 heteroatoms. The van der Waals surface area contributed by atoms with E-state index in [0.717, 1.165) is 22.7 Å². The Morgan fingerprint density at radius 2 is 1.79 bits per heavy atom. The minimum absolute atomic E-state index is 0.174. The average molecular weight is 422 g/mol. The van der Waals surface area contributed by atoms with Crippen molar-refractivity contribution in [1.29, 1.82) is 0 Å². The van der Waals surface area contributed by atoms with Crippen LogP contribution < -0.4 is 10.1 Å². The van der Waals surface area contributed by atoms with Gasteiger partial charge in [0.2, 0.25) is 0 Å². The van der Waals surface area contributed by atoms with Gasteiger partial charge < -0.3 is 10.1 Å². The zero-order chi connectivity index (χ0) is 21.0. The maximum atomic E-state index is 13.1. The number of anilines is 1. The van der Waals surface area contributed by atoms with Crippen molar-refractivity contribution in [3.63, 3.8) is 0 Å². The quantitative estimate of drug-likeness (QED) is 0.648. The topological polar surface area (TPSA) is 58.6 Å². The van der Waals surface area contributed by atoms with Gasteiger partial charge in [0.15, 0.2) is 0 Å². The van der Waals surface area contributed by atoms with Crippen molar-refractivity contribution in [3.8, 4) is 5.75 Å². The molecule has 1 aliphatic rings. The van der Waals surface area contributed by atoms with Crippen LogP contribution in [0.3, 0.4) is 0 Å². The second-order valence-electron chi connectivity index (χ2n) is 5.96. The first-order valence-corrected chi connectivity index (χ1v) is 9.50. The molecule has 0 unspecified atom stereocenters. The Labute approximate surface area is 169 Å². The Morgan fingerprint density at radius 1 is 1.10 bits per heavy atom. The molecule has 2 aromatic carbocycles. The van der Waals surface area contributed by atoms with E-state index in [1.54, 1.807) is 30.3 Å². The fourth-order valence-electron chi connectivity index (χ4n) is 2.71. The molecule has 29 heavy (non-hydrogen) atoms. The van der Waals surface area contributed by atoms with Gasteiger partial charge in [-0.3, -0.25) is 14.5 Å². The third-order valence-corrected chi connectivity index (χ3v) is 4.95. The molecule has 0 aliphatic carbocycles. The Bertz CT molecular complexity index is 960. The monoisotopic (exact) mass is 422 g/mol. The number of rotatable bonds is 6. The largest absolute Gasteiger partial charge is 0.493 e. The summed E-state index contributed by atoms with van der Waals surface area (Å²) in [5.74, 6) is -0.0117. The Morgan fingerprint density at radius 3 is 2.52 bits per heavy atom. The van der Waals surface area contributed by atoms with Crippen LogP contribution in [0, 0.1) is 0 Å². The molecule has 5 nitrogen and oxygen atoms in total. The lowest BCUT2D eigenvalue weighted by molar-refractivity contribution is -0.137. The minimum Gasteiger partial charge on any atom is -0.493 e. The SMILES string of the molecule is CCOc1ccccc1/C=C1/SC(=O)N(CNc2ccccc2C(F)(F)F)C1=O. The van der Waals surface area contributed by atoms with Crippen LogP contribution >= 0.6 is 11.8 Å². The van der Waals surface area contributed by atoms with Gasteiger partial charge in [0.05, 0.1) is 23.7 Å². The number of thioether (sulfide) groups is 1. The molecule has 1 fully saturated rings. The number of hydrogen-bond acceptors (Lipinski definition) is 5. The number of nitrogens with zero attached hydrogens (tertiary/aromatic N) is 1. The van der Waals surface area contributed by atoms with E-state index in [1.165, 1.54) is 18.2 Å². The molecular formula is C20H17F3N2O3S. The van der Waals surface area contributed by atoms with Crippen LogP contribution in [0.2, 0.25) is 0 Å². The summed E-state index contributed by atoms with van der Waals surface area (Å²) in [4.78, 5) is 25.9. The highest BCUT2D eigenvalue weighted by atomic mass is 32.2. The van der Waals surface area contributed by atoms with Crippen LogP contribution in [0.25, 0.3) is 6.08 Å². The maximum absolute atomic E-state index is 13.1. The van der Waals surface area contributed by atoms with Crippen LogP contribution in [0.4, 0.5) is 23.7 Å². The standard InChI is InChI=1S/C20H17F3N2O3S/c1-2-28-16-10-6-3-7-13(16)11-17-18(26)25(19(27)29-17)12-24-15-9-5-4-8-14(15)20(21,22)23/h3-11,24H,2,12H2,1H3/b17-11+. The summed E-state index contributed by atoms with van der Waals surface area (Å²) in [6.07, 6.45) is -3.01. The van der Waals surface area contributed by atoms with Crippen molar-refractivity contribution >= 4 is 34.7 Å². The summed E-state index contributed by atoms with van der Waals surface area (Å²) in [5.41, 5.74) is -0.437. The maximum Gasteiger partial charge on any atom is 0.418 e. The lowest BCUT2D eigenvalue weighted by Crippen LogP contribution is -2.33. The molecule has 1 aliphatic heterocycles. The van der Waals surface area contributed by atoms with Crippen molar-refractivity contribution < 1.29 is 27.5 Å². The van der Waals surface area contributed by atoms with Gasteiger partial charge >= 0.3 is 6.18 Å². The number of hydrogen-bond donors (Lipinski definition) is 1. The number of para-hydroxylation sites is 2. The molecule has 2 amide bonds. The molecule has 1 heterocycles. The van der Waals surface area contributed by atoms with Crippen molar-refractivity contribution in [1.82, 2.24) is 4.90 Å². The van der Waals surface area contributed by atoms with Crippen LogP contribution in [0.15, 0.2) is 53.4 Å². The lowest BCUT2D eigenvalue weighted by Gasteiger charge is -2.18. The van der Waals surface area contributed by atoms with Crippen LogP contribution in [-0.4, -0.2) is 29.3 Å². The summed E-state index contributed by atoms with van der Waals surface area (Å²) in [6, 6.07) is 11.9. The molecule has 0 aromatic heterocycles. The molecule has 0 atom stereocenters. The number of amides is 2. The Kier molecular flexibility index (Phi) is 6.17. The molecule has 0 bridgehead atoms. The highest BCUT2D eigenvalue weighted by Gasteiger charge is 2.36. The fraction of sp³-hybridized carbons (Fsp3) is 0.200. The van der Waals surface area contributed by atoms with E-state index in [2.05, 4.69) is 5.32 Å². The second-order valence-corrected chi connectivity index (χ2v) is 6.95. The molecule has 0 spiro atoms. The van der Waals surface area contributed by atoms with Gasteiger partial charge in [0, 0.05) is 11.3 Å². The van der Waals surface area contributed by atoms with Gasteiger partial charge in [-0.15, -0.1) is 0 Å². The number of ether oxygens (including phenoxy) is 1. The predicted molar refractivity (Wildman–Crippen MR) is 105 cm³/mol. The zero-order valence-electron chi connectivity index (χ0n) is 15.3. The number of nitrogens with one attached hydrogen (secondary N) is 1. The van der Waals surface area contributed by atoms with Gasteiger partial charge in [-0.25, -0.2) is 0 Å². The van der Waals surface area contributed by atoms with Crippen molar-refractivity contribution in [2.75, 3.05) is 18.6 Å². The van der Waals surface area contributed by atoms with Crippen LogP contribution in [0.5, 0.6) is 5.75 Å². The molecule has 3 rings (SSSR count). The Balaban J connectivity index is 1.77. The van der Waals surface area contributed by atoms with Gasteiger partial charge in [-0.2, -0.15) is 13.2 Å². The molecular weight excluding hydrogens is 405 g/mol. The van der Waals surface area contributed by atoms with Crippen molar-refractivity contribution in [2.24, 2.45) is 0 Å². The van der Waals surface area contributed by atoms with Gasteiger partial charge in [-0.1, -0.05) is 30.3 Å². The fourth-order valence-corrected chi connectivity index (χ4v) is 3.54.